The molecule has 0 radical (unpaired) electrons. The summed E-state index contributed by atoms with van der Waals surface area (Å²) in [6.45, 7) is 2.66. The first-order valence-corrected chi connectivity index (χ1v) is 4.91. The third kappa shape index (κ3) is 18.4. The summed E-state index contributed by atoms with van der Waals surface area (Å²) >= 11 is 0. The molecule has 3 heteroatoms. The van der Waals surface area contributed by atoms with Crippen molar-refractivity contribution in [2.45, 2.75) is 45.4 Å². The van der Waals surface area contributed by atoms with Crippen molar-refractivity contribution in [1.82, 2.24) is 0 Å². The Morgan fingerprint density at radius 3 is 1.46 bits per heavy atom. The Bertz CT molecular complexity index is 68.7. The number of ether oxygens (including phenoxy) is 1. The van der Waals surface area contributed by atoms with Gasteiger partial charge in [-0.15, -0.1) is 0 Å². The lowest BCUT2D eigenvalue weighted by Crippen LogP contribution is -1.85. The molecule has 1 aliphatic carbocycles. The van der Waals surface area contributed by atoms with Crippen LogP contribution in [0.3, 0.4) is 0 Å². The van der Waals surface area contributed by atoms with E-state index in [0.717, 1.165) is 7.11 Å². The Balaban J connectivity index is 0. The first-order chi connectivity index (χ1) is 6.41. The maximum atomic E-state index is 9.18. The smallest absolute Gasteiger partial charge is 0.293 e. The van der Waals surface area contributed by atoms with Crippen LogP contribution in [0.15, 0.2) is 0 Å². The van der Waals surface area contributed by atoms with Crippen molar-refractivity contribution >= 4 is 6.47 Å². The molecule has 0 aliphatic heterocycles. The summed E-state index contributed by atoms with van der Waals surface area (Å²) in [5, 5.41) is 7.00. The molecule has 1 fully saturated rings. The summed E-state index contributed by atoms with van der Waals surface area (Å²) in [5.74, 6) is 0. The molecule has 0 amide bonds. The monoisotopic (exact) mass is 190 g/mol. The van der Waals surface area contributed by atoms with Crippen LogP contribution in [0.25, 0.3) is 0 Å². The molecule has 0 aromatic carbocycles. The molecule has 0 aromatic heterocycles. The normalized spacial score (nSPS) is 14.1. The summed E-state index contributed by atoms with van der Waals surface area (Å²) in [4.78, 5) is 9.18. The van der Waals surface area contributed by atoms with E-state index in [-0.39, 0.29) is 0 Å². The molecule has 0 aromatic rings. The van der Waals surface area contributed by atoms with Crippen LogP contribution in [0, 0.1) is 0 Å². The van der Waals surface area contributed by atoms with Gasteiger partial charge in [-0.2, -0.15) is 0 Å². The number of aliphatic hydroxyl groups is 1. The van der Waals surface area contributed by atoms with Crippen molar-refractivity contribution in [2.75, 3.05) is 13.7 Å². The molecule has 80 valence electrons. The Kier molecular flexibility index (Phi) is 20.1. The van der Waals surface area contributed by atoms with Crippen LogP contribution >= 0.6 is 0 Å². The number of carbonyl (C=O) groups is 1. The zero-order chi connectivity index (χ0) is 10.4. The molecule has 0 spiro atoms. The Morgan fingerprint density at radius 2 is 1.38 bits per heavy atom. The van der Waals surface area contributed by atoms with Crippen molar-refractivity contribution in [3.05, 3.63) is 0 Å². The van der Waals surface area contributed by atoms with Crippen LogP contribution in [0.2, 0.25) is 0 Å². The highest BCUT2D eigenvalue weighted by atomic mass is 16.5. The zero-order valence-corrected chi connectivity index (χ0v) is 8.79. The van der Waals surface area contributed by atoms with Gasteiger partial charge in [-0.1, -0.05) is 38.5 Å². The summed E-state index contributed by atoms with van der Waals surface area (Å²) in [6.07, 6.45) is 9.00. The van der Waals surface area contributed by atoms with Gasteiger partial charge in [0.25, 0.3) is 6.47 Å². The third-order valence-corrected chi connectivity index (χ3v) is 1.73. The van der Waals surface area contributed by atoms with Gasteiger partial charge >= 0.3 is 0 Å². The van der Waals surface area contributed by atoms with E-state index in [9.17, 15) is 4.79 Å². The number of hydrogen-bond donors (Lipinski definition) is 1. The minimum atomic E-state index is 0.431. The minimum absolute atomic E-state index is 0.431. The molecule has 13 heavy (non-hydrogen) atoms. The second kappa shape index (κ2) is 17.5. The van der Waals surface area contributed by atoms with Gasteiger partial charge < -0.3 is 9.84 Å². The molecular formula is C10H22O3. The van der Waals surface area contributed by atoms with Crippen LogP contribution in [0.4, 0.5) is 0 Å². The van der Waals surface area contributed by atoms with Gasteiger partial charge in [-0.05, 0) is 6.92 Å². The van der Waals surface area contributed by atoms with Gasteiger partial charge in [0.1, 0.15) is 0 Å². The Labute approximate surface area is 81.1 Å². The maximum Gasteiger partial charge on any atom is 0.293 e. The fourth-order valence-corrected chi connectivity index (χ4v) is 1.13. The molecule has 0 atom stereocenters. The number of rotatable bonds is 2. The van der Waals surface area contributed by atoms with Crippen LogP contribution in [0.5, 0.6) is 0 Å². The average molecular weight is 190 g/mol. The molecule has 0 unspecified atom stereocenters. The van der Waals surface area contributed by atoms with Crippen LogP contribution in [-0.4, -0.2) is 25.3 Å². The largest absolute Gasteiger partial charge is 0.468 e. The zero-order valence-electron chi connectivity index (χ0n) is 8.79. The van der Waals surface area contributed by atoms with E-state index in [1.54, 1.807) is 6.92 Å². The molecule has 1 N–H and O–H groups in total. The lowest BCUT2D eigenvalue weighted by atomic mass is 10.0. The Morgan fingerprint density at radius 1 is 1.08 bits per heavy atom. The molecule has 1 saturated carbocycles. The van der Waals surface area contributed by atoms with Crippen molar-refractivity contribution in [1.29, 1.82) is 0 Å². The van der Waals surface area contributed by atoms with Gasteiger partial charge in [0.15, 0.2) is 0 Å². The van der Waals surface area contributed by atoms with E-state index < -0.39 is 0 Å². The van der Waals surface area contributed by atoms with E-state index in [1.165, 1.54) is 38.5 Å². The van der Waals surface area contributed by atoms with E-state index in [4.69, 9.17) is 5.11 Å². The second-order valence-corrected chi connectivity index (χ2v) is 2.67. The van der Waals surface area contributed by atoms with E-state index >= 15 is 0 Å². The lowest BCUT2D eigenvalue weighted by Gasteiger charge is -2.05. The highest BCUT2D eigenvalue weighted by molar-refractivity contribution is 5.36. The predicted molar refractivity (Wildman–Crippen MR) is 53.5 cm³/mol. The van der Waals surface area contributed by atoms with Crippen LogP contribution in [-0.2, 0) is 9.53 Å². The number of aliphatic hydroxyl groups excluding tert-OH is 1. The topological polar surface area (TPSA) is 46.5 Å². The molecule has 0 heterocycles. The quantitative estimate of drug-likeness (QED) is 0.678. The predicted octanol–water partition coefficient (Wildman–Crippen LogP) is 2.13. The first kappa shape index (κ1) is 14.9. The summed E-state index contributed by atoms with van der Waals surface area (Å²) in [6, 6.07) is 0. The SMILES string of the molecule is C1CCCCC1.CCOC=O.CO. The van der Waals surface area contributed by atoms with Gasteiger partial charge in [0, 0.05) is 7.11 Å². The highest BCUT2D eigenvalue weighted by Crippen LogP contribution is 2.15. The first-order valence-electron chi connectivity index (χ1n) is 4.91. The number of hydrogen-bond acceptors (Lipinski definition) is 3. The number of carbonyl (C=O) groups excluding carboxylic acids is 1. The van der Waals surface area contributed by atoms with Crippen molar-refractivity contribution in [2.24, 2.45) is 0 Å². The third-order valence-electron chi connectivity index (χ3n) is 1.73. The molecule has 1 rings (SSSR count). The van der Waals surface area contributed by atoms with Crippen LogP contribution < -0.4 is 0 Å². The summed E-state index contributed by atoms with van der Waals surface area (Å²) in [5.41, 5.74) is 0. The Hall–Kier alpha value is -0.570. The second-order valence-electron chi connectivity index (χ2n) is 2.67. The van der Waals surface area contributed by atoms with E-state index in [2.05, 4.69) is 4.74 Å². The molecule has 0 bridgehead atoms. The fraction of sp³-hybridized carbons (Fsp3) is 0.900. The van der Waals surface area contributed by atoms with Crippen molar-refractivity contribution < 1.29 is 14.6 Å². The van der Waals surface area contributed by atoms with Gasteiger partial charge in [-0.3, -0.25) is 4.79 Å². The standard InChI is InChI=1S/C6H12.C3H6O2.CH4O/c1-2-4-6-5-3-1;1-2-5-3-4;1-2/h1-6H2;3H,2H2,1H3;2H,1H3. The summed E-state index contributed by atoms with van der Waals surface area (Å²) < 4.78 is 4.15. The van der Waals surface area contributed by atoms with Gasteiger partial charge in [-0.25, -0.2) is 0 Å². The average Bonchev–Trinajstić information content (AvgIpc) is 2.25. The molecular weight excluding hydrogens is 168 g/mol. The lowest BCUT2D eigenvalue weighted by molar-refractivity contribution is -0.128. The minimum Gasteiger partial charge on any atom is -0.468 e. The van der Waals surface area contributed by atoms with Gasteiger partial charge in [0.2, 0.25) is 0 Å². The molecule has 0 saturated heterocycles. The van der Waals surface area contributed by atoms with E-state index in [0.29, 0.717) is 13.1 Å². The summed E-state index contributed by atoms with van der Waals surface area (Å²) in [7, 11) is 1.00. The molecule has 1 aliphatic rings. The molecule has 3 nitrogen and oxygen atoms in total. The van der Waals surface area contributed by atoms with Crippen LogP contribution in [0.1, 0.15) is 45.4 Å². The van der Waals surface area contributed by atoms with Gasteiger partial charge in [0.05, 0.1) is 6.61 Å². The van der Waals surface area contributed by atoms with Crippen molar-refractivity contribution in [3.8, 4) is 0 Å². The highest BCUT2D eigenvalue weighted by Gasteiger charge is 1.95. The fourth-order valence-electron chi connectivity index (χ4n) is 1.13. The van der Waals surface area contributed by atoms with E-state index in [1.807, 2.05) is 0 Å². The van der Waals surface area contributed by atoms with Crippen molar-refractivity contribution in [3.63, 3.8) is 0 Å². The maximum absolute atomic E-state index is 9.18.